The van der Waals surface area contributed by atoms with E-state index in [1.54, 1.807) is 35.5 Å². The van der Waals surface area contributed by atoms with Crippen molar-refractivity contribution >= 4 is 32.5 Å². The predicted octanol–water partition coefficient (Wildman–Crippen LogP) is 4.75. The molecular weight excluding hydrogens is 468 g/mol. The van der Waals surface area contributed by atoms with E-state index < -0.39 is 0 Å². The van der Waals surface area contributed by atoms with E-state index in [0.717, 1.165) is 64.7 Å². The van der Waals surface area contributed by atoms with Gasteiger partial charge in [-0.05, 0) is 61.1 Å². The minimum Gasteiger partial charge on any atom is -0.496 e. The quantitative estimate of drug-likeness (QED) is 0.352. The van der Waals surface area contributed by atoms with Crippen LogP contribution in [0.25, 0.3) is 21.1 Å². The first-order chi connectivity index (χ1) is 17.7. The molecule has 0 spiro atoms. The van der Waals surface area contributed by atoms with Crippen molar-refractivity contribution in [2.24, 2.45) is 0 Å². The van der Waals surface area contributed by atoms with Crippen LogP contribution in [-0.2, 0) is 25.8 Å². The summed E-state index contributed by atoms with van der Waals surface area (Å²) in [5, 5.41) is 5.60. The van der Waals surface area contributed by atoms with Gasteiger partial charge in [-0.1, -0.05) is 42.5 Å². The summed E-state index contributed by atoms with van der Waals surface area (Å²) in [6.45, 7) is 1.36. The van der Waals surface area contributed by atoms with Gasteiger partial charge in [-0.15, -0.1) is 11.3 Å². The van der Waals surface area contributed by atoms with Gasteiger partial charge in [-0.3, -0.25) is 14.3 Å². The number of nitrogens with zero attached hydrogens (tertiary/aromatic N) is 3. The molecule has 1 atom stereocenters. The molecule has 0 saturated carbocycles. The molecule has 0 aliphatic heterocycles. The lowest BCUT2D eigenvalue weighted by atomic mass is 9.93. The Labute approximate surface area is 213 Å². The fourth-order valence-corrected chi connectivity index (χ4v) is 6.54. The van der Waals surface area contributed by atoms with Crippen molar-refractivity contribution in [3.05, 3.63) is 99.0 Å². The van der Waals surface area contributed by atoms with Crippen molar-refractivity contribution in [2.75, 3.05) is 13.7 Å². The summed E-state index contributed by atoms with van der Waals surface area (Å²) >= 11 is 1.67. The van der Waals surface area contributed by atoms with Gasteiger partial charge < -0.3 is 10.1 Å². The summed E-state index contributed by atoms with van der Waals surface area (Å²) in [5.41, 5.74) is 4.42. The zero-order chi connectivity index (χ0) is 24.5. The maximum absolute atomic E-state index is 13.6. The number of methoxy groups -OCH3 is 1. The molecule has 0 amide bonds. The van der Waals surface area contributed by atoms with E-state index in [2.05, 4.69) is 22.4 Å². The predicted molar refractivity (Wildman–Crippen MR) is 145 cm³/mol. The normalized spacial score (nSPS) is 15.3. The van der Waals surface area contributed by atoms with Gasteiger partial charge in [-0.2, -0.15) is 0 Å². The first kappa shape index (κ1) is 22.9. The first-order valence-electron chi connectivity index (χ1n) is 12.4. The highest BCUT2D eigenvalue weighted by molar-refractivity contribution is 7.18. The Bertz CT molecular complexity index is 1600. The first-order valence-corrected chi connectivity index (χ1v) is 13.2. The maximum atomic E-state index is 13.6. The SMILES string of the molecule is COc1ccccc1CCNC1CCc2c(sc3ncn(Cc4cccc5cccnc45)c(=O)c23)C1. The van der Waals surface area contributed by atoms with E-state index in [0.29, 0.717) is 12.6 Å². The molecular formula is C29H28N4O2S. The van der Waals surface area contributed by atoms with Crippen LogP contribution in [0, 0.1) is 0 Å². The minimum atomic E-state index is 0.0491. The van der Waals surface area contributed by atoms with Crippen LogP contribution in [0.4, 0.5) is 0 Å². The summed E-state index contributed by atoms with van der Waals surface area (Å²) < 4.78 is 7.21. The van der Waals surface area contributed by atoms with Gasteiger partial charge in [-0.25, -0.2) is 4.98 Å². The highest BCUT2D eigenvalue weighted by Crippen LogP contribution is 2.34. The van der Waals surface area contributed by atoms with Crippen molar-refractivity contribution in [3.8, 4) is 5.75 Å². The van der Waals surface area contributed by atoms with Crippen LogP contribution in [0.5, 0.6) is 5.75 Å². The number of fused-ring (bicyclic) bond motifs is 4. The number of hydrogen-bond donors (Lipinski definition) is 1. The van der Waals surface area contributed by atoms with E-state index in [9.17, 15) is 4.79 Å². The number of ether oxygens (including phenoxy) is 1. The molecule has 6 nitrogen and oxygen atoms in total. The lowest BCUT2D eigenvalue weighted by molar-refractivity contribution is 0.407. The number of thiophene rings is 1. The molecule has 1 N–H and O–H groups in total. The van der Waals surface area contributed by atoms with E-state index in [-0.39, 0.29) is 5.56 Å². The third-order valence-electron chi connectivity index (χ3n) is 7.11. The molecule has 3 heterocycles. The van der Waals surface area contributed by atoms with Crippen LogP contribution >= 0.6 is 11.3 Å². The van der Waals surface area contributed by atoms with Gasteiger partial charge >= 0.3 is 0 Å². The molecule has 0 bridgehead atoms. The molecule has 0 fully saturated rings. The average molecular weight is 497 g/mol. The second kappa shape index (κ2) is 9.84. The molecule has 1 unspecified atom stereocenters. The summed E-state index contributed by atoms with van der Waals surface area (Å²) in [7, 11) is 1.72. The second-order valence-corrected chi connectivity index (χ2v) is 10.4. The van der Waals surface area contributed by atoms with Crippen molar-refractivity contribution in [1.82, 2.24) is 19.9 Å². The van der Waals surface area contributed by atoms with Crippen molar-refractivity contribution in [1.29, 1.82) is 0 Å². The van der Waals surface area contributed by atoms with Crippen LogP contribution in [0.2, 0.25) is 0 Å². The molecule has 1 aliphatic carbocycles. The van der Waals surface area contributed by atoms with E-state index in [1.165, 1.54) is 16.0 Å². The number of nitrogens with one attached hydrogen (secondary N) is 1. The van der Waals surface area contributed by atoms with E-state index >= 15 is 0 Å². The maximum Gasteiger partial charge on any atom is 0.262 e. The summed E-state index contributed by atoms with van der Waals surface area (Å²) in [6, 6.07) is 18.7. The molecule has 5 aromatic rings. The molecule has 1 aliphatic rings. The average Bonchev–Trinajstić information content (AvgIpc) is 3.29. The molecule has 6 rings (SSSR count). The number of aromatic nitrogens is 3. The molecule has 7 heteroatoms. The molecule has 0 saturated heterocycles. The molecule has 36 heavy (non-hydrogen) atoms. The van der Waals surface area contributed by atoms with Gasteiger partial charge in [0.05, 0.1) is 30.9 Å². The number of para-hydroxylation sites is 2. The molecule has 0 radical (unpaired) electrons. The number of pyridine rings is 1. The van der Waals surface area contributed by atoms with Gasteiger partial charge in [0, 0.05) is 22.5 Å². The highest BCUT2D eigenvalue weighted by atomic mass is 32.1. The van der Waals surface area contributed by atoms with Crippen molar-refractivity contribution in [2.45, 2.75) is 38.3 Å². The Balaban J connectivity index is 1.20. The number of rotatable bonds is 7. The largest absolute Gasteiger partial charge is 0.496 e. The third kappa shape index (κ3) is 4.29. The second-order valence-electron chi connectivity index (χ2n) is 9.31. The van der Waals surface area contributed by atoms with Crippen LogP contribution in [-0.4, -0.2) is 34.2 Å². The zero-order valence-corrected chi connectivity index (χ0v) is 21.1. The smallest absolute Gasteiger partial charge is 0.262 e. The van der Waals surface area contributed by atoms with Crippen LogP contribution in [0.3, 0.4) is 0 Å². The Morgan fingerprint density at radius 2 is 1.94 bits per heavy atom. The Morgan fingerprint density at radius 1 is 1.08 bits per heavy atom. The van der Waals surface area contributed by atoms with Crippen LogP contribution < -0.4 is 15.6 Å². The van der Waals surface area contributed by atoms with E-state index in [4.69, 9.17) is 9.72 Å². The number of hydrogen-bond acceptors (Lipinski definition) is 6. The lowest BCUT2D eigenvalue weighted by Crippen LogP contribution is -2.35. The van der Waals surface area contributed by atoms with Gasteiger partial charge in [0.2, 0.25) is 0 Å². The minimum absolute atomic E-state index is 0.0491. The topological polar surface area (TPSA) is 69.0 Å². The third-order valence-corrected chi connectivity index (χ3v) is 8.27. The zero-order valence-electron chi connectivity index (χ0n) is 20.2. The van der Waals surface area contributed by atoms with E-state index in [1.807, 2.05) is 42.5 Å². The van der Waals surface area contributed by atoms with Gasteiger partial charge in [0.1, 0.15) is 10.6 Å². The summed E-state index contributed by atoms with van der Waals surface area (Å²) in [6.07, 6.45) is 7.28. The molecule has 2 aromatic carbocycles. The Hall–Kier alpha value is -3.55. The van der Waals surface area contributed by atoms with Crippen LogP contribution in [0.1, 0.15) is 28.0 Å². The summed E-state index contributed by atoms with van der Waals surface area (Å²) in [5.74, 6) is 0.941. The standard InChI is InChI=1S/C29H28N4O2S/c1-35-24-10-3-2-6-19(24)13-15-30-22-11-12-23-25(16-22)36-28-26(23)29(34)33(18-32-28)17-21-8-4-7-20-9-5-14-31-27(20)21/h2-10,14,18,22,30H,11-13,15-17H2,1H3. The fourth-order valence-electron chi connectivity index (χ4n) is 5.29. The highest BCUT2D eigenvalue weighted by Gasteiger charge is 2.25. The monoisotopic (exact) mass is 496 g/mol. The van der Waals surface area contributed by atoms with Crippen molar-refractivity contribution < 1.29 is 4.74 Å². The number of benzene rings is 2. The van der Waals surface area contributed by atoms with Gasteiger partial charge in [0.25, 0.3) is 5.56 Å². The van der Waals surface area contributed by atoms with Crippen molar-refractivity contribution in [3.63, 3.8) is 0 Å². The molecule has 3 aromatic heterocycles. The van der Waals surface area contributed by atoms with Gasteiger partial charge in [0.15, 0.2) is 0 Å². The summed E-state index contributed by atoms with van der Waals surface area (Å²) in [4.78, 5) is 24.9. The lowest BCUT2D eigenvalue weighted by Gasteiger charge is -2.23. The fraction of sp³-hybridized carbons (Fsp3) is 0.276. The Kier molecular flexibility index (Phi) is 6.25. The molecule has 182 valence electrons. The Morgan fingerprint density at radius 3 is 2.86 bits per heavy atom. The number of aryl methyl sites for hydroxylation is 1. The van der Waals surface area contributed by atoms with Crippen LogP contribution in [0.15, 0.2) is 71.9 Å².